The second kappa shape index (κ2) is 11.8. The Morgan fingerprint density at radius 1 is 1.04 bits per heavy atom. The molecule has 1 aromatic rings. The van der Waals surface area contributed by atoms with Crippen molar-refractivity contribution < 1.29 is 14.3 Å². The summed E-state index contributed by atoms with van der Waals surface area (Å²) in [5, 5.41) is 3.03. The zero-order valence-corrected chi connectivity index (χ0v) is 16.8. The van der Waals surface area contributed by atoms with Gasteiger partial charge in [-0.05, 0) is 63.0 Å². The maximum Gasteiger partial charge on any atom is 0.338 e. The molecular weight excluding hydrogens is 340 g/mol. The summed E-state index contributed by atoms with van der Waals surface area (Å²) in [5.41, 5.74) is 1.24. The van der Waals surface area contributed by atoms with Crippen LogP contribution < -0.4 is 5.32 Å². The smallest absolute Gasteiger partial charge is 0.338 e. The number of amides is 1. The molecular formula is C22H34N2O3. The van der Waals surface area contributed by atoms with Gasteiger partial charge in [-0.1, -0.05) is 39.5 Å². The van der Waals surface area contributed by atoms with Gasteiger partial charge in [0.15, 0.2) is 0 Å². The van der Waals surface area contributed by atoms with E-state index < -0.39 is 0 Å². The largest absolute Gasteiger partial charge is 0.462 e. The first-order valence-corrected chi connectivity index (χ1v) is 10.5. The van der Waals surface area contributed by atoms with Gasteiger partial charge in [0, 0.05) is 5.69 Å². The summed E-state index contributed by atoms with van der Waals surface area (Å²) in [7, 11) is 0. The number of esters is 1. The summed E-state index contributed by atoms with van der Waals surface area (Å²) < 4.78 is 5.22. The normalized spacial score (nSPS) is 15.9. The van der Waals surface area contributed by atoms with Crippen molar-refractivity contribution in [2.45, 2.75) is 71.3 Å². The van der Waals surface area contributed by atoms with E-state index in [2.05, 4.69) is 24.1 Å². The van der Waals surface area contributed by atoms with Crippen LogP contribution in [0.3, 0.4) is 0 Å². The van der Waals surface area contributed by atoms with E-state index in [0.717, 1.165) is 50.9 Å². The van der Waals surface area contributed by atoms with Crippen LogP contribution in [0.1, 0.15) is 75.6 Å². The molecule has 0 radical (unpaired) electrons. The fourth-order valence-corrected chi connectivity index (χ4v) is 3.41. The third kappa shape index (κ3) is 6.98. The van der Waals surface area contributed by atoms with Crippen LogP contribution in [-0.2, 0) is 9.53 Å². The van der Waals surface area contributed by atoms with Crippen LogP contribution in [0.4, 0.5) is 5.69 Å². The highest BCUT2D eigenvalue weighted by Gasteiger charge is 2.26. The average Bonchev–Trinajstić information content (AvgIpc) is 2.70. The van der Waals surface area contributed by atoms with Crippen molar-refractivity contribution in [2.24, 2.45) is 0 Å². The summed E-state index contributed by atoms with van der Waals surface area (Å²) in [6.45, 7) is 6.67. The van der Waals surface area contributed by atoms with E-state index >= 15 is 0 Å². The molecule has 1 aliphatic heterocycles. The molecule has 1 saturated heterocycles. The molecule has 1 N–H and O–H groups in total. The lowest BCUT2D eigenvalue weighted by Gasteiger charge is -2.33. The second-order valence-electron chi connectivity index (χ2n) is 7.31. The molecule has 150 valence electrons. The first-order chi connectivity index (χ1) is 13.2. The fraction of sp³-hybridized carbons (Fsp3) is 0.636. The molecule has 1 atom stereocenters. The van der Waals surface area contributed by atoms with Crippen LogP contribution in [0.15, 0.2) is 24.3 Å². The fourth-order valence-electron chi connectivity index (χ4n) is 3.41. The maximum absolute atomic E-state index is 12.9. The zero-order chi connectivity index (χ0) is 19.5. The van der Waals surface area contributed by atoms with Gasteiger partial charge >= 0.3 is 5.97 Å². The van der Waals surface area contributed by atoms with Gasteiger partial charge in [0.1, 0.15) is 0 Å². The molecule has 1 aromatic carbocycles. The minimum Gasteiger partial charge on any atom is -0.462 e. The number of likely N-dealkylation sites (tertiary alicyclic amines) is 1. The number of anilines is 1. The molecule has 0 saturated carbocycles. The Morgan fingerprint density at radius 3 is 2.33 bits per heavy atom. The molecule has 5 nitrogen and oxygen atoms in total. The second-order valence-corrected chi connectivity index (χ2v) is 7.31. The monoisotopic (exact) mass is 374 g/mol. The average molecular weight is 375 g/mol. The molecule has 27 heavy (non-hydrogen) atoms. The molecule has 1 amide bonds. The summed E-state index contributed by atoms with van der Waals surface area (Å²) in [4.78, 5) is 27.2. The van der Waals surface area contributed by atoms with E-state index in [1.54, 1.807) is 24.3 Å². The molecule has 0 spiro atoms. The van der Waals surface area contributed by atoms with Crippen LogP contribution in [0, 0.1) is 0 Å². The Kier molecular flexibility index (Phi) is 9.32. The van der Waals surface area contributed by atoms with Crippen molar-refractivity contribution in [2.75, 3.05) is 25.0 Å². The highest BCUT2D eigenvalue weighted by Crippen LogP contribution is 2.19. The quantitative estimate of drug-likeness (QED) is 0.479. The van der Waals surface area contributed by atoms with Gasteiger partial charge in [-0.25, -0.2) is 4.79 Å². The Labute approximate surface area is 163 Å². The van der Waals surface area contributed by atoms with Crippen LogP contribution >= 0.6 is 0 Å². The Morgan fingerprint density at radius 2 is 1.70 bits per heavy atom. The van der Waals surface area contributed by atoms with E-state index in [4.69, 9.17) is 4.74 Å². The highest BCUT2D eigenvalue weighted by atomic mass is 16.5. The molecule has 1 heterocycles. The first kappa shape index (κ1) is 21.4. The number of benzene rings is 1. The number of nitrogens with zero attached hydrogens (tertiary/aromatic N) is 1. The van der Waals surface area contributed by atoms with Crippen molar-refractivity contribution in [1.82, 2.24) is 4.90 Å². The maximum atomic E-state index is 12.9. The number of hydrogen-bond acceptors (Lipinski definition) is 4. The van der Waals surface area contributed by atoms with Crippen LogP contribution in [0.5, 0.6) is 0 Å². The van der Waals surface area contributed by atoms with E-state index in [9.17, 15) is 9.59 Å². The number of ether oxygens (including phenoxy) is 1. The van der Waals surface area contributed by atoms with Crippen LogP contribution in [0.25, 0.3) is 0 Å². The lowest BCUT2D eigenvalue weighted by atomic mass is 10.0. The van der Waals surface area contributed by atoms with Crippen molar-refractivity contribution in [3.05, 3.63) is 29.8 Å². The van der Waals surface area contributed by atoms with Crippen molar-refractivity contribution in [1.29, 1.82) is 0 Å². The number of nitrogens with one attached hydrogen (secondary N) is 1. The molecule has 5 heteroatoms. The number of carbonyl (C=O) groups excluding carboxylic acids is 2. The van der Waals surface area contributed by atoms with Crippen molar-refractivity contribution in [3.8, 4) is 0 Å². The summed E-state index contributed by atoms with van der Waals surface area (Å²) >= 11 is 0. The SMILES string of the molecule is CCCCOC(=O)c1ccc(NC(=O)[C@H](CCCC)N2CCCCC2)cc1. The summed E-state index contributed by atoms with van der Waals surface area (Å²) in [5.74, 6) is -0.251. The number of carbonyl (C=O) groups is 2. The van der Waals surface area contributed by atoms with Gasteiger partial charge in [-0.15, -0.1) is 0 Å². The van der Waals surface area contributed by atoms with Gasteiger partial charge in [-0.3, -0.25) is 9.69 Å². The van der Waals surface area contributed by atoms with Crippen molar-refractivity contribution >= 4 is 17.6 Å². The molecule has 2 rings (SSSR count). The number of piperidine rings is 1. The predicted octanol–water partition coefficient (Wildman–Crippen LogP) is 4.63. The topological polar surface area (TPSA) is 58.6 Å². The summed E-state index contributed by atoms with van der Waals surface area (Å²) in [6, 6.07) is 6.92. The van der Waals surface area contributed by atoms with Crippen molar-refractivity contribution in [3.63, 3.8) is 0 Å². The number of unbranched alkanes of at least 4 members (excludes halogenated alkanes) is 2. The van der Waals surface area contributed by atoms with Gasteiger partial charge in [-0.2, -0.15) is 0 Å². The molecule has 1 fully saturated rings. The van der Waals surface area contributed by atoms with Crippen LogP contribution in [0.2, 0.25) is 0 Å². The first-order valence-electron chi connectivity index (χ1n) is 10.5. The van der Waals surface area contributed by atoms with Gasteiger partial charge < -0.3 is 10.1 Å². The Bertz CT molecular complexity index is 580. The van der Waals surface area contributed by atoms with E-state index in [1.807, 2.05) is 0 Å². The minimum absolute atomic E-state index is 0.0589. The van der Waals surface area contributed by atoms with Gasteiger partial charge in [0.2, 0.25) is 5.91 Å². The van der Waals surface area contributed by atoms with E-state index in [1.165, 1.54) is 19.3 Å². The minimum atomic E-state index is -0.310. The summed E-state index contributed by atoms with van der Waals surface area (Å²) in [6.07, 6.45) is 8.50. The molecule has 1 aliphatic rings. The lowest BCUT2D eigenvalue weighted by Crippen LogP contribution is -2.46. The number of hydrogen-bond donors (Lipinski definition) is 1. The standard InChI is InChI=1S/C22H34N2O3/c1-3-5-10-20(24-15-8-7-9-16-24)21(25)23-19-13-11-18(12-14-19)22(26)27-17-6-4-2/h11-14,20H,3-10,15-17H2,1-2H3,(H,23,25)/t20-/m0/s1. The van der Waals surface area contributed by atoms with Gasteiger partial charge in [0.05, 0.1) is 18.2 Å². The Balaban J connectivity index is 1.94. The molecule has 0 aromatic heterocycles. The zero-order valence-electron chi connectivity index (χ0n) is 16.8. The third-order valence-electron chi connectivity index (χ3n) is 5.08. The number of rotatable bonds is 10. The van der Waals surface area contributed by atoms with E-state index in [-0.39, 0.29) is 17.9 Å². The predicted molar refractivity (Wildman–Crippen MR) is 109 cm³/mol. The third-order valence-corrected chi connectivity index (χ3v) is 5.08. The van der Waals surface area contributed by atoms with E-state index in [0.29, 0.717) is 12.2 Å². The molecule has 0 aliphatic carbocycles. The molecule has 0 unspecified atom stereocenters. The van der Waals surface area contributed by atoms with Crippen LogP contribution in [-0.4, -0.2) is 42.5 Å². The highest BCUT2D eigenvalue weighted by molar-refractivity contribution is 5.95. The molecule has 0 bridgehead atoms. The van der Waals surface area contributed by atoms with Gasteiger partial charge in [0.25, 0.3) is 0 Å². The lowest BCUT2D eigenvalue weighted by molar-refractivity contribution is -0.122. The Hall–Kier alpha value is -1.88.